The maximum absolute atomic E-state index is 12.9. The molecular weight excluding hydrogens is 646 g/mol. The number of amides is 1. The zero-order valence-corrected chi connectivity index (χ0v) is 32.1. The second kappa shape index (κ2) is 32.8. The summed E-state index contributed by atoms with van der Waals surface area (Å²) in [5, 5.41) is 53.9. The Bertz CT molecular complexity index is 936. The minimum atomic E-state index is -1.55. The fourth-order valence-electron chi connectivity index (χ4n) is 6.15. The molecule has 0 bridgehead atoms. The average Bonchev–Trinajstić information content (AvgIpc) is 3.13. The van der Waals surface area contributed by atoms with E-state index in [9.17, 15) is 30.3 Å². The van der Waals surface area contributed by atoms with Gasteiger partial charge in [-0.15, -0.1) is 0 Å². The molecule has 1 aliphatic rings. The van der Waals surface area contributed by atoms with Gasteiger partial charge in [0.05, 0.1) is 25.4 Å². The molecule has 1 aliphatic heterocycles. The van der Waals surface area contributed by atoms with Crippen molar-refractivity contribution in [3.05, 3.63) is 48.6 Å². The molecule has 9 heteroatoms. The molecule has 51 heavy (non-hydrogen) atoms. The number of unbranched alkanes of at least 4 members (excludes halogenated alkanes) is 14. The van der Waals surface area contributed by atoms with Gasteiger partial charge in [0.15, 0.2) is 6.29 Å². The van der Waals surface area contributed by atoms with E-state index in [1.54, 1.807) is 0 Å². The lowest BCUT2D eigenvalue weighted by atomic mass is 9.99. The van der Waals surface area contributed by atoms with Crippen molar-refractivity contribution in [2.75, 3.05) is 13.2 Å². The zero-order chi connectivity index (χ0) is 37.4. The van der Waals surface area contributed by atoms with E-state index >= 15 is 0 Å². The quantitative estimate of drug-likeness (QED) is 0.0309. The standard InChI is InChI=1S/C42H75NO8/c1-3-5-7-9-11-12-13-14-15-16-17-18-19-20-21-22-23-24-26-28-30-32-38(46)43-35(36(45)31-29-27-25-10-8-6-4-2)34-50-42-41(49)40(48)39(47)37(33-44)51-42/h5,7,11-12,14-15,17-18,35-37,39-42,44-45,47-49H,3-4,6,8-10,13,16,19-34H2,1-2H3,(H,43,46)/b7-5-,12-11-,15-14-,18-17-. The molecule has 0 aromatic rings. The SMILES string of the molecule is CC/C=C\C/C=C\C/C=C\C/C=C\CCCCCCCCCCC(=O)NC(COC1OC(CO)C(O)C(O)C1O)C(O)CCCCCCCCC. The Kier molecular flexibility index (Phi) is 30.3. The van der Waals surface area contributed by atoms with Crippen molar-refractivity contribution in [2.24, 2.45) is 0 Å². The first-order valence-electron chi connectivity index (χ1n) is 20.3. The first kappa shape index (κ1) is 47.2. The fourth-order valence-corrected chi connectivity index (χ4v) is 6.15. The van der Waals surface area contributed by atoms with E-state index in [2.05, 4.69) is 67.8 Å². The highest BCUT2D eigenvalue weighted by Gasteiger charge is 2.44. The normalized spacial score (nSPS) is 22.5. The molecule has 0 saturated carbocycles. The third kappa shape index (κ3) is 24.2. The number of hydrogen-bond acceptors (Lipinski definition) is 8. The zero-order valence-electron chi connectivity index (χ0n) is 32.1. The maximum Gasteiger partial charge on any atom is 0.220 e. The lowest BCUT2D eigenvalue weighted by molar-refractivity contribution is -0.302. The Morgan fingerprint density at radius 1 is 0.686 bits per heavy atom. The molecule has 1 amide bonds. The molecule has 1 fully saturated rings. The summed E-state index contributed by atoms with van der Waals surface area (Å²) in [5.41, 5.74) is 0. The van der Waals surface area contributed by atoms with Gasteiger partial charge in [-0.25, -0.2) is 0 Å². The average molecular weight is 722 g/mol. The third-order valence-corrected chi connectivity index (χ3v) is 9.45. The summed E-state index contributed by atoms with van der Waals surface area (Å²) in [5.74, 6) is -0.160. The van der Waals surface area contributed by atoms with Crippen LogP contribution < -0.4 is 5.32 Å². The molecule has 6 N–H and O–H groups in total. The molecule has 1 saturated heterocycles. The van der Waals surface area contributed by atoms with Crippen LogP contribution >= 0.6 is 0 Å². The summed E-state index contributed by atoms with van der Waals surface area (Å²) in [4.78, 5) is 12.9. The Labute approximate surface area is 310 Å². The van der Waals surface area contributed by atoms with Gasteiger partial charge in [0.25, 0.3) is 0 Å². The van der Waals surface area contributed by atoms with E-state index in [4.69, 9.17) is 9.47 Å². The van der Waals surface area contributed by atoms with Crippen molar-refractivity contribution in [1.29, 1.82) is 0 Å². The number of hydrogen-bond donors (Lipinski definition) is 6. The molecule has 0 aromatic heterocycles. The maximum atomic E-state index is 12.9. The lowest BCUT2D eigenvalue weighted by Crippen LogP contribution is -2.60. The van der Waals surface area contributed by atoms with Gasteiger partial charge >= 0.3 is 0 Å². The van der Waals surface area contributed by atoms with Gasteiger partial charge in [0, 0.05) is 6.42 Å². The van der Waals surface area contributed by atoms with Crippen LogP contribution in [0.5, 0.6) is 0 Å². The predicted molar refractivity (Wildman–Crippen MR) is 207 cm³/mol. The van der Waals surface area contributed by atoms with Crippen LogP contribution in [-0.4, -0.2) is 87.5 Å². The number of aliphatic hydroxyl groups is 5. The Morgan fingerprint density at radius 3 is 1.80 bits per heavy atom. The summed E-state index contributed by atoms with van der Waals surface area (Å²) in [6.07, 6.45) is 32.8. The van der Waals surface area contributed by atoms with Crippen molar-refractivity contribution in [1.82, 2.24) is 5.32 Å². The fraction of sp³-hybridized carbons (Fsp3) is 0.786. The molecule has 7 unspecified atom stereocenters. The van der Waals surface area contributed by atoms with Crippen LogP contribution in [0.4, 0.5) is 0 Å². The summed E-state index contributed by atoms with van der Waals surface area (Å²) < 4.78 is 11.2. The highest BCUT2D eigenvalue weighted by molar-refractivity contribution is 5.76. The third-order valence-electron chi connectivity index (χ3n) is 9.45. The molecule has 7 atom stereocenters. The first-order chi connectivity index (χ1) is 24.8. The first-order valence-corrected chi connectivity index (χ1v) is 20.3. The Balaban J connectivity index is 2.28. The van der Waals surface area contributed by atoms with Gasteiger partial charge < -0.3 is 40.3 Å². The number of nitrogens with one attached hydrogen (secondary N) is 1. The van der Waals surface area contributed by atoms with E-state index in [1.165, 1.54) is 51.4 Å². The van der Waals surface area contributed by atoms with Crippen molar-refractivity contribution in [2.45, 2.75) is 198 Å². The number of rotatable bonds is 32. The molecule has 0 radical (unpaired) electrons. The number of carbonyl (C=O) groups is 1. The number of carbonyl (C=O) groups excluding carboxylic acids is 1. The van der Waals surface area contributed by atoms with Crippen molar-refractivity contribution in [3.63, 3.8) is 0 Å². The topological polar surface area (TPSA) is 149 Å². The van der Waals surface area contributed by atoms with Crippen molar-refractivity contribution >= 4 is 5.91 Å². The van der Waals surface area contributed by atoms with Crippen molar-refractivity contribution in [3.8, 4) is 0 Å². The molecule has 9 nitrogen and oxygen atoms in total. The summed E-state index contributed by atoms with van der Waals surface area (Å²) in [7, 11) is 0. The van der Waals surface area contributed by atoms with E-state index in [0.29, 0.717) is 12.8 Å². The minimum Gasteiger partial charge on any atom is -0.394 e. The number of allylic oxidation sites excluding steroid dienone is 8. The molecule has 1 rings (SSSR count). The summed E-state index contributed by atoms with van der Waals surface area (Å²) in [6.45, 7) is 3.64. The Morgan fingerprint density at radius 2 is 1.22 bits per heavy atom. The number of aliphatic hydroxyl groups excluding tert-OH is 5. The summed E-state index contributed by atoms with van der Waals surface area (Å²) >= 11 is 0. The molecule has 0 spiro atoms. The monoisotopic (exact) mass is 722 g/mol. The van der Waals surface area contributed by atoms with Crippen LogP contribution in [0, 0.1) is 0 Å². The molecule has 1 heterocycles. The van der Waals surface area contributed by atoms with Gasteiger partial charge in [-0.3, -0.25) is 4.79 Å². The van der Waals surface area contributed by atoms with Crippen LogP contribution in [0.3, 0.4) is 0 Å². The van der Waals surface area contributed by atoms with E-state index in [0.717, 1.165) is 77.0 Å². The van der Waals surface area contributed by atoms with Crippen molar-refractivity contribution < 1.29 is 39.8 Å². The van der Waals surface area contributed by atoms with E-state index in [-0.39, 0.29) is 12.5 Å². The van der Waals surface area contributed by atoms with Crippen LogP contribution in [0.1, 0.15) is 155 Å². The van der Waals surface area contributed by atoms with Crippen LogP contribution in [0.15, 0.2) is 48.6 Å². The highest BCUT2D eigenvalue weighted by Crippen LogP contribution is 2.23. The van der Waals surface area contributed by atoms with Crippen LogP contribution in [0.25, 0.3) is 0 Å². The molecule has 0 aliphatic carbocycles. The minimum absolute atomic E-state index is 0.144. The van der Waals surface area contributed by atoms with E-state index in [1.807, 2.05) is 0 Å². The Hall–Kier alpha value is -1.85. The second-order valence-electron chi connectivity index (χ2n) is 14.1. The van der Waals surface area contributed by atoms with Gasteiger partial charge in [-0.2, -0.15) is 0 Å². The highest BCUT2D eigenvalue weighted by atomic mass is 16.7. The summed E-state index contributed by atoms with van der Waals surface area (Å²) in [6, 6.07) is -0.721. The molecule has 0 aromatic carbocycles. The van der Waals surface area contributed by atoms with Gasteiger partial charge in [-0.05, 0) is 51.4 Å². The smallest absolute Gasteiger partial charge is 0.220 e. The largest absolute Gasteiger partial charge is 0.394 e. The predicted octanol–water partition coefficient (Wildman–Crippen LogP) is 7.50. The van der Waals surface area contributed by atoms with Crippen LogP contribution in [-0.2, 0) is 14.3 Å². The van der Waals surface area contributed by atoms with Gasteiger partial charge in [0.1, 0.15) is 24.4 Å². The van der Waals surface area contributed by atoms with E-state index < -0.39 is 49.5 Å². The molecular formula is C42H75NO8. The lowest BCUT2D eigenvalue weighted by Gasteiger charge is -2.40. The van der Waals surface area contributed by atoms with Gasteiger partial charge in [0.2, 0.25) is 5.91 Å². The second-order valence-corrected chi connectivity index (χ2v) is 14.1. The number of ether oxygens (including phenoxy) is 2. The van der Waals surface area contributed by atoms with Crippen LogP contribution in [0.2, 0.25) is 0 Å². The molecule has 296 valence electrons. The van der Waals surface area contributed by atoms with Gasteiger partial charge in [-0.1, -0.05) is 146 Å².